The van der Waals surface area contributed by atoms with Crippen LogP contribution in [0.3, 0.4) is 0 Å². The second-order valence-corrected chi connectivity index (χ2v) is 6.01. The number of rotatable bonds is 4. The van der Waals surface area contributed by atoms with Gasteiger partial charge in [-0.25, -0.2) is 0 Å². The van der Waals surface area contributed by atoms with E-state index in [4.69, 9.17) is 4.74 Å². The van der Waals surface area contributed by atoms with Crippen molar-refractivity contribution >= 4 is 0 Å². The first-order valence-corrected chi connectivity index (χ1v) is 7.46. The highest BCUT2D eigenvalue weighted by atomic mass is 16.5. The zero-order valence-corrected chi connectivity index (χ0v) is 11.0. The highest BCUT2D eigenvalue weighted by Crippen LogP contribution is 2.36. The number of nitrogens with zero attached hydrogens (tertiary/aromatic N) is 1. The second kappa shape index (κ2) is 5.25. The van der Waals surface area contributed by atoms with E-state index >= 15 is 0 Å². The maximum absolute atomic E-state index is 5.81. The molecule has 2 heterocycles. The molecule has 3 nitrogen and oxygen atoms in total. The summed E-state index contributed by atoms with van der Waals surface area (Å²) in [5.74, 6) is 0.974. The predicted molar refractivity (Wildman–Crippen MR) is 69.1 cm³/mol. The van der Waals surface area contributed by atoms with Crippen molar-refractivity contribution in [2.75, 3.05) is 26.2 Å². The Bertz CT molecular complexity index is 249. The average Bonchev–Trinajstić information content (AvgIpc) is 3.07. The fraction of sp³-hybridized carbons (Fsp3) is 1.00. The lowest BCUT2D eigenvalue weighted by Crippen LogP contribution is -2.58. The van der Waals surface area contributed by atoms with Crippen molar-refractivity contribution in [2.24, 2.45) is 5.92 Å². The summed E-state index contributed by atoms with van der Waals surface area (Å²) >= 11 is 0. The molecule has 2 saturated heterocycles. The third-order valence-electron chi connectivity index (χ3n) is 4.66. The molecule has 98 valence electrons. The van der Waals surface area contributed by atoms with Crippen molar-refractivity contribution < 1.29 is 4.74 Å². The molecular weight excluding hydrogens is 212 g/mol. The van der Waals surface area contributed by atoms with Crippen LogP contribution >= 0.6 is 0 Å². The molecule has 1 N–H and O–H groups in total. The number of ether oxygens (including phenoxy) is 1. The van der Waals surface area contributed by atoms with Crippen LogP contribution in [-0.4, -0.2) is 49.3 Å². The van der Waals surface area contributed by atoms with Gasteiger partial charge >= 0.3 is 0 Å². The average molecular weight is 238 g/mol. The molecule has 3 heteroatoms. The second-order valence-electron chi connectivity index (χ2n) is 6.01. The summed E-state index contributed by atoms with van der Waals surface area (Å²) in [7, 11) is 0. The molecule has 0 spiro atoms. The van der Waals surface area contributed by atoms with Crippen LogP contribution in [0.4, 0.5) is 0 Å². The van der Waals surface area contributed by atoms with Gasteiger partial charge in [-0.3, -0.25) is 4.90 Å². The molecule has 0 bridgehead atoms. The van der Waals surface area contributed by atoms with Gasteiger partial charge in [0, 0.05) is 38.3 Å². The quantitative estimate of drug-likeness (QED) is 0.805. The van der Waals surface area contributed by atoms with Gasteiger partial charge in [-0.2, -0.15) is 0 Å². The van der Waals surface area contributed by atoms with Gasteiger partial charge in [0.1, 0.15) is 0 Å². The van der Waals surface area contributed by atoms with Crippen LogP contribution in [0.15, 0.2) is 0 Å². The van der Waals surface area contributed by atoms with E-state index in [9.17, 15) is 0 Å². The third kappa shape index (κ3) is 2.83. The molecule has 0 radical (unpaired) electrons. The number of nitrogens with one attached hydrogen (secondary N) is 1. The van der Waals surface area contributed by atoms with E-state index in [1.807, 2.05) is 0 Å². The van der Waals surface area contributed by atoms with E-state index in [-0.39, 0.29) is 0 Å². The Hall–Kier alpha value is -0.120. The SMILES string of the molecule is CCC1CN(CC2CCCO2)C(C2CC2)CN1. The van der Waals surface area contributed by atoms with Crippen LogP contribution in [0.1, 0.15) is 39.0 Å². The smallest absolute Gasteiger partial charge is 0.0702 e. The van der Waals surface area contributed by atoms with E-state index in [2.05, 4.69) is 17.1 Å². The minimum atomic E-state index is 0.520. The lowest BCUT2D eigenvalue weighted by atomic mass is 10.0. The minimum Gasteiger partial charge on any atom is -0.377 e. The Balaban J connectivity index is 1.59. The largest absolute Gasteiger partial charge is 0.377 e. The van der Waals surface area contributed by atoms with Gasteiger partial charge in [0.2, 0.25) is 0 Å². The number of hydrogen-bond acceptors (Lipinski definition) is 3. The number of piperazine rings is 1. The maximum Gasteiger partial charge on any atom is 0.0702 e. The molecule has 3 aliphatic rings. The summed E-state index contributed by atoms with van der Waals surface area (Å²) in [5.41, 5.74) is 0. The van der Waals surface area contributed by atoms with Crippen molar-refractivity contribution in [3.63, 3.8) is 0 Å². The molecule has 3 rings (SSSR count). The summed E-state index contributed by atoms with van der Waals surface area (Å²) in [4.78, 5) is 2.73. The third-order valence-corrected chi connectivity index (χ3v) is 4.66. The fourth-order valence-corrected chi connectivity index (χ4v) is 3.38. The van der Waals surface area contributed by atoms with Crippen LogP contribution in [0.2, 0.25) is 0 Å². The molecule has 3 atom stereocenters. The molecule has 17 heavy (non-hydrogen) atoms. The van der Waals surface area contributed by atoms with Crippen LogP contribution in [0.25, 0.3) is 0 Å². The summed E-state index contributed by atoms with van der Waals surface area (Å²) in [6, 6.07) is 1.49. The van der Waals surface area contributed by atoms with Gasteiger partial charge in [-0.1, -0.05) is 6.92 Å². The van der Waals surface area contributed by atoms with Gasteiger partial charge in [0.15, 0.2) is 0 Å². The van der Waals surface area contributed by atoms with Gasteiger partial charge in [-0.15, -0.1) is 0 Å². The van der Waals surface area contributed by atoms with Gasteiger partial charge in [0.25, 0.3) is 0 Å². The highest BCUT2D eigenvalue weighted by Gasteiger charge is 2.39. The van der Waals surface area contributed by atoms with Crippen LogP contribution < -0.4 is 5.32 Å². The first-order chi connectivity index (χ1) is 8.36. The Morgan fingerprint density at radius 2 is 2.18 bits per heavy atom. The molecule has 2 aliphatic heterocycles. The van der Waals surface area contributed by atoms with E-state index in [1.54, 1.807) is 0 Å². The van der Waals surface area contributed by atoms with Crippen LogP contribution in [0.5, 0.6) is 0 Å². The minimum absolute atomic E-state index is 0.520. The molecule has 0 amide bonds. The number of hydrogen-bond donors (Lipinski definition) is 1. The monoisotopic (exact) mass is 238 g/mol. The summed E-state index contributed by atoms with van der Waals surface area (Å²) < 4.78 is 5.81. The van der Waals surface area contributed by atoms with E-state index < -0.39 is 0 Å². The Kier molecular flexibility index (Phi) is 3.69. The molecular formula is C14H26N2O. The first kappa shape index (κ1) is 11.9. The Morgan fingerprint density at radius 3 is 2.82 bits per heavy atom. The van der Waals surface area contributed by atoms with Gasteiger partial charge in [0.05, 0.1) is 6.10 Å². The molecule has 3 fully saturated rings. The summed E-state index contributed by atoms with van der Waals surface area (Å²) in [5, 5.41) is 3.71. The molecule has 0 aromatic heterocycles. The summed E-state index contributed by atoms with van der Waals surface area (Å²) in [6.07, 6.45) is 7.21. The van der Waals surface area contributed by atoms with Gasteiger partial charge < -0.3 is 10.1 Å². The predicted octanol–water partition coefficient (Wildman–Crippen LogP) is 1.63. The molecule has 1 saturated carbocycles. The molecule has 0 aromatic rings. The lowest BCUT2D eigenvalue weighted by Gasteiger charge is -2.41. The van der Waals surface area contributed by atoms with E-state index in [0.29, 0.717) is 12.1 Å². The standard InChI is InChI=1S/C14H26N2O/c1-2-12-9-16(10-13-4-3-7-17-13)14(8-15-12)11-5-6-11/h11-15H,2-10H2,1H3. The van der Waals surface area contributed by atoms with Crippen LogP contribution in [-0.2, 0) is 4.74 Å². The highest BCUT2D eigenvalue weighted by molar-refractivity contribution is 4.95. The Labute approximate surface area is 105 Å². The van der Waals surface area contributed by atoms with Crippen molar-refractivity contribution in [1.29, 1.82) is 0 Å². The van der Waals surface area contributed by atoms with Crippen LogP contribution in [0, 0.1) is 5.92 Å². The van der Waals surface area contributed by atoms with E-state index in [0.717, 1.165) is 18.6 Å². The topological polar surface area (TPSA) is 24.5 Å². The molecule has 0 aromatic carbocycles. The van der Waals surface area contributed by atoms with E-state index in [1.165, 1.54) is 51.7 Å². The molecule has 3 unspecified atom stereocenters. The van der Waals surface area contributed by atoms with Crippen molar-refractivity contribution in [2.45, 2.75) is 57.2 Å². The normalized spacial score (nSPS) is 39.7. The van der Waals surface area contributed by atoms with Crippen molar-refractivity contribution in [3.8, 4) is 0 Å². The fourth-order valence-electron chi connectivity index (χ4n) is 3.38. The first-order valence-electron chi connectivity index (χ1n) is 7.46. The zero-order valence-electron chi connectivity index (χ0n) is 11.0. The zero-order chi connectivity index (χ0) is 11.7. The Morgan fingerprint density at radius 1 is 1.29 bits per heavy atom. The molecule has 1 aliphatic carbocycles. The van der Waals surface area contributed by atoms with Gasteiger partial charge in [-0.05, 0) is 38.0 Å². The summed E-state index contributed by atoms with van der Waals surface area (Å²) in [6.45, 7) is 6.90. The van der Waals surface area contributed by atoms with Crippen molar-refractivity contribution in [3.05, 3.63) is 0 Å². The maximum atomic E-state index is 5.81. The van der Waals surface area contributed by atoms with Crippen molar-refractivity contribution in [1.82, 2.24) is 10.2 Å². The lowest BCUT2D eigenvalue weighted by molar-refractivity contribution is 0.0332.